The first kappa shape index (κ1) is 13.6. The average molecular weight is 310 g/mol. The van der Waals surface area contributed by atoms with Crippen LogP contribution in [0.5, 0.6) is 0 Å². The lowest BCUT2D eigenvalue weighted by Crippen LogP contribution is -2.39. The van der Waals surface area contributed by atoms with Gasteiger partial charge >= 0.3 is 0 Å². The molecule has 3 heteroatoms. The van der Waals surface area contributed by atoms with Crippen LogP contribution in [0, 0.1) is 0 Å². The largest absolute Gasteiger partial charge is 0.336 e. The van der Waals surface area contributed by atoms with Crippen molar-refractivity contribution in [2.24, 2.45) is 0 Å². The summed E-state index contributed by atoms with van der Waals surface area (Å²) >= 11 is 3.48. The van der Waals surface area contributed by atoms with E-state index in [1.807, 2.05) is 24.3 Å². The Bertz CT molecular complexity index is 419. The summed E-state index contributed by atoms with van der Waals surface area (Å²) in [7, 11) is 0. The van der Waals surface area contributed by atoms with Crippen molar-refractivity contribution < 1.29 is 4.79 Å². The standard InChI is InChI=1S/C15H20BrNO/c1-2-12-8-4-3-7-11-17(12)15(18)13-9-5-6-10-14(13)16/h5-6,9-10,12H,2-4,7-8,11H2,1H3. The summed E-state index contributed by atoms with van der Waals surface area (Å²) in [4.78, 5) is 14.7. The third-order valence-electron chi connectivity index (χ3n) is 3.71. The highest BCUT2D eigenvalue weighted by Crippen LogP contribution is 2.24. The van der Waals surface area contributed by atoms with Crippen LogP contribution in [0.15, 0.2) is 28.7 Å². The van der Waals surface area contributed by atoms with Crippen LogP contribution in [-0.2, 0) is 0 Å². The first-order chi connectivity index (χ1) is 8.74. The van der Waals surface area contributed by atoms with Crippen molar-refractivity contribution in [2.45, 2.75) is 45.1 Å². The lowest BCUT2D eigenvalue weighted by molar-refractivity contribution is 0.0677. The van der Waals surface area contributed by atoms with Crippen LogP contribution in [-0.4, -0.2) is 23.4 Å². The molecule has 1 aliphatic heterocycles. The van der Waals surface area contributed by atoms with E-state index in [9.17, 15) is 4.79 Å². The third kappa shape index (κ3) is 2.94. The van der Waals surface area contributed by atoms with E-state index in [1.165, 1.54) is 12.8 Å². The minimum atomic E-state index is 0.177. The quantitative estimate of drug-likeness (QED) is 0.800. The van der Waals surface area contributed by atoms with Crippen molar-refractivity contribution in [2.75, 3.05) is 6.54 Å². The van der Waals surface area contributed by atoms with Gasteiger partial charge in [-0.2, -0.15) is 0 Å². The van der Waals surface area contributed by atoms with Gasteiger partial charge in [-0.25, -0.2) is 0 Å². The molecule has 0 aliphatic carbocycles. The van der Waals surface area contributed by atoms with Gasteiger partial charge in [0.1, 0.15) is 0 Å². The Balaban J connectivity index is 2.23. The maximum absolute atomic E-state index is 12.6. The third-order valence-corrected chi connectivity index (χ3v) is 4.41. The number of nitrogens with zero attached hydrogens (tertiary/aromatic N) is 1. The van der Waals surface area contributed by atoms with Crippen molar-refractivity contribution in [3.05, 3.63) is 34.3 Å². The first-order valence-corrected chi connectivity index (χ1v) is 7.59. The molecule has 2 nitrogen and oxygen atoms in total. The van der Waals surface area contributed by atoms with Crippen LogP contribution >= 0.6 is 15.9 Å². The van der Waals surface area contributed by atoms with Crippen molar-refractivity contribution in [3.8, 4) is 0 Å². The fourth-order valence-corrected chi connectivity index (χ4v) is 3.11. The Morgan fingerprint density at radius 1 is 1.33 bits per heavy atom. The second kappa shape index (κ2) is 6.37. The number of rotatable bonds is 2. The number of amides is 1. The van der Waals surface area contributed by atoms with E-state index in [-0.39, 0.29) is 5.91 Å². The molecule has 1 atom stereocenters. The highest BCUT2D eigenvalue weighted by molar-refractivity contribution is 9.10. The van der Waals surface area contributed by atoms with E-state index in [1.54, 1.807) is 0 Å². The van der Waals surface area contributed by atoms with Gasteiger partial charge in [-0.1, -0.05) is 31.9 Å². The highest BCUT2D eigenvalue weighted by atomic mass is 79.9. The lowest BCUT2D eigenvalue weighted by Gasteiger charge is -2.29. The van der Waals surface area contributed by atoms with E-state index in [0.717, 1.165) is 35.8 Å². The maximum atomic E-state index is 12.6. The lowest BCUT2D eigenvalue weighted by atomic mass is 10.1. The number of halogens is 1. The number of carbonyl (C=O) groups excluding carboxylic acids is 1. The molecule has 1 heterocycles. The molecule has 1 fully saturated rings. The molecular weight excluding hydrogens is 290 g/mol. The van der Waals surface area contributed by atoms with Crippen molar-refractivity contribution in [1.82, 2.24) is 4.90 Å². The normalized spacial score (nSPS) is 20.6. The zero-order chi connectivity index (χ0) is 13.0. The Hall–Kier alpha value is -0.830. The molecule has 98 valence electrons. The Labute approximate surface area is 117 Å². The van der Waals surface area contributed by atoms with E-state index in [2.05, 4.69) is 27.8 Å². The smallest absolute Gasteiger partial charge is 0.255 e. The molecule has 2 rings (SSSR count). The fraction of sp³-hybridized carbons (Fsp3) is 0.533. The summed E-state index contributed by atoms with van der Waals surface area (Å²) < 4.78 is 0.897. The monoisotopic (exact) mass is 309 g/mol. The minimum Gasteiger partial charge on any atom is -0.336 e. The van der Waals surface area contributed by atoms with Gasteiger partial charge in [0.25, 0.3) is 5.91 Å². The number of carbonyl (C=O) groups is 1. The molecule has 1 unspecified atom stereocenters. The number of hydrogen-bond acceptors (Lipinski definition) is 1. The predicted molar refractivity (Wildman–Crippen MR) is 77.7 cm³/mol. The fourth-order valence-electron chi connectivity index (χ4n) is 2.66. The highest BCUT2D eigenvalue weighted by Gasteiger charge is 2.25. The topological polar surface area (TPSA) is 20.3 Å². The second-order valence-corrected chi connectivity index (χ2v) is 5.74. The summed E-state index contributed by atoms with van der Waals surface area (Å²) in [5.41, 5.74) is 0.790. The van der Waals surface area contributed by atoms with Gasteiger partial charge in [-0.05, 0) is 47.3 Å². The molecule has 1 aromatic carbocycles. The number of likely N-dealkylation sites (tertiary alicyclic amines) is 1. The second-order valence-electron chi connectivity index (χ2n) is 4.89. The van der Waals surface area contributed by atoms with Crippen LogP contribution in [0.4, 0.5) is 0 Å². The molecule has 0 aromatic heterocycles. The van der Waals surface area contributed by atoms with Gasteiger partial charge in [0.05, 0.1) is 5.56 Å². The summed E-state index contributed by atoms with van der Waals surface area (Å²) in [6.45, 7) is 3.08. The van der Waals surface area contributed by atoms with Gasteiger partial charge < -0.3 is 4.90 Å². The van der Waals surface area contributed by atoms with Crippen molar-refractivity contribution in [3.63, 3.8) is 0 Å². The Morgan fingerprint density at radius 3 is 2.83 bits per heavy atom. The summed E-state index contributed by atoms with van der Waals surface area (Å²) in [5, 5.41) is 0. The molecule has 1 aliphatic rings. The van der Waals surface area contributed by atoms with Crippen molar-refractivity contribution in [1.29, 1.82) is 0 Å². The molecule has 0 spiro atoms. The summed E-state index contributed by atoms with van der Waals surface area (Å²) in [6, 6.07) is 8.13. The zero-order valence-electron chi connectivity index (χ0n) is 10.9. The van der Waals surface area contributed by atoms with E-state index >= 15 is 0 Å². The van der Waals surface area contributed by atoms with Crippen molar-refractivity contribution >= 4 is 21.8 Å². The molecular formula is C15H20BrNO. The zero-order valence-corrected chi connectivity index (χ0v) is 12.4. The molecule has 0 saturated carbocycles. The molecule has 1 saturated heterocycles. The SMILES string of the molecule is CCC1CCCCCN1C(=O)c1ccccc1Br. The summed E-state index contributed by atoms with van der Waals surface area (Å²) in [5.74, 6) is 0.177. The van der Waals surface area contributed by atoms with E-state index in [0.29, 0.717) is 6.04 Å². The van der Waals surface area contributed by atoms with E-state index in [4.69, 9.17) is 0 Å². The predicted octanol–water partition coefficient (Wildman–Crippen LogP) is 4.24. The van der Waals surface area contributed by atoms with Crippen LogP contribution in [0.25, 0.3) is 0 Å². The molecule has 18 heavy (non-hydrogen) atoms. The minimum absolute atomic E-state index is 0.177. The number of hydrogen-bond donors (Lipinski definition) is 0. The van der Waals surface area contributed by atoms with Gasteiger partial charge in [0, 0.05) is 17.1 Å². The first-order valence-electron chi connectivity index (χ1n) is 6.79. The molecule has 1 aromatic rings. The Morgan fingerprint density at radius 2 is 2.11 bits per heavy atom. The molecule has 1 amide bonds. The van der Waals surface area contributed by atoms with Gasteiger partial charge in [-0.3, -0.25) is 4.79 Å². The van der Waals surface area contributed by atoms with Crippen LogP contribution < -0.4 is 0 Å². The van der Waals surface area contributed by atoms with Crippen LogP contribution in [0.1, 0.15) is 49.4 Å². The average Bonchev–Trinajstić information content (AvgIpc) is 2.63. The van der Waals surface area contributed by atoms with Crippen LogP contribution in [0.2, 0.25) is 0 Å². The summed E-state index contributed by atoms with van der Waals surface area (Å²) in [6.07, 6.45) is 5.82. The van der Waals surface area contributed by atoms with Gasteiger partial charge in [0.2, 0.25) is 0 Å². The molecule has 0 radical (unpaired) electrons. The van der Waals surface area contributed by atoms with Gasteiger partial charge in [-0.15, -0.1) is 0 Å². The Kier molecular flexibility index (Phi) is 4.81. The molecule has 0 N–H and O–H groups in total. The number of benzene rings is 1. The maximum Gasteiger partial charge on any atom is 0.255 e. The van der Waals surface area contributed by atoms with Crippen LogP contribution in [0.3, 0.4) is 0 Å². The van der Waals surface area contributed by atoms with Gasteiger partial charge in [0.15, 0.2) is 0 Å². The van der Waals surface area contributed by atoms with E-state index < -0.39 is 0 Å². The molecule has 0 bridgehead atoms.